The number of aliphatic hydroxyl groups is 1. The van der Waals surface area contributed by atoms with Gasteiger partial charge in [0.05, 0.1) is 36.3 Å². The van der Waals surface area contributed by atoms with Gasteiger partial charge >= 0.3 is 6.18 Å². The number of hydrogen-bond donors (Lipinski definition) is 2. The van der Waals surface area contributed by atoms with E-state index in [-0.39, 0.29) is 42.0 Å². The third-order valence-electron chi connectivity index (χ3n) is 5.65. The lowest BCUT2D eigenvalue weighted by Gasteiger charge is -2.22. The van der Waals surface area contributed by atoms with Gasteiger partial charge in [-0.05, 0) is 50.1 Å². The number of alkyl halides is 3. The molecule has 1 atom stereocenters. The lowest BCUT2D eigenvalue weighted by Crippen LogP contribution is -2.33. The molecule has 0 radical (unpaired) electrons. The molecule has 4 rings (SSSR count). The molecule has 3 aromatic rings. The molecule has 0 saturated carbocycles. The molecule has 1 aliphatic heterocycles. The number of ether oxygens (including phenoxy) is 1. The molecule has 2 N–H and O–H groups in total. The summed E-state index contributed by atoms with van der Waals surface area (Å²) in [4.78, 5) is 13.2. The van der Waals surface area contributed by atoms with Gasteiger partial charge in [0.2, 0.25) is 0 Å². The number of H-pyrrole nitrogens is 1. The van der Waals surface area contributed by atoms with Gasteiger partial charge in [-0.2, -0.15) is 18.4 Å². The number of rotatable bonds is 7. The molecule has 1 unspecified atom stereocenters. The Morgan fingerprint density at radius 1 is 1.31 bits per heavy atom. The van der Waals surface area contributed by atoms with Crippen molar-refractivity contribution in [1.82, 2.24) is 19.9 Å². The Labute approximate surface area is 182 Å². The molecule has 0 amide bonds. The maximum atomic E-state index is 13.7. The van der Waals surface area contributed by atoms with Crippen LogP contribution in [0, 0.1) is 11.3 Å². The van der Waals surface area contributed by atoms with E-state index in [0.29, 0.717) is 24.0 Å². The maximum absolute atomic E-state index is 13.7. The largest absolute Gasteiger partial charge is 0.493 e. The van der Waals surface area contributed by atoms with Gasteiger partial charge in [0.15, 0.2) is 5.69 Å². The molecule has 2 aromatic heterocycles. The molecule has 0 spiro atoms. The van der Waals surface area contributed by atoms with Crippen LogP contribution in [0.25, 0.3) is 22.3 Å². The lowest BCUT2D eigenvalue weighted by atomic mass is 10.1. The van der Waals surface area contributed by atoms with E-state index in [0.717, 1.165) is 25.5 Å². The summed E-state index contributed by atoms with van der Waals surface area (Å²) >= 11 is 0. The molecule has 1 aromatic carbocycles. The van der Waals surface area contributed by atoms with Gasteiger partial charge in [-0.3, -0.25) is 4.90 Å². The standard InChI is InChI=1S/C22H22F3N5O2/c23-22(24,25)16-9-14(17-10-18-21(28-13-27-18)19(11-26)29-17)4-5-20(16)32-8-2-7-30-6-1-3-15(30)12-31/h4-5,9-10,13,15,31H,1-3,6-8,12H2,(H,27,28). The van der Waals surface area contributed by atoms with Crippen molar-refractivity contribution in [2.24, 2.45) is 0 Å². The van der Waals surface area contributed by atoms with Crippen molar-refractivity contribution in [2.75, 3.05) is 26.3 Å². The summed E-state index contributed by atoms with van der Waals surface area (Å²) in [7, 11) is 0. The number of aromatic nitrogens is 3. The van der Waals surface area contributed by atoms with Gasteiger partial charge in [0, 0.05) is 18.2 Å². The summed E-state index contributed by atoms with van der Waals surface area (Å²) in [6, 6.07) is 7.39. The van der Waals surface area contributed by atoms with E-state index in [1.54, 1.807) is 6.07 Å². The minimum absolute atomic E-state index is 0.0377. The van der Waals surface area contributed by atoms with E-state index in [9.17, 15) is 23.5 Å². The van der Waals surface area contributed by atoms with Gasteiger partial charge in [-0.15, -0.1) is 0 Å². The van der Waals surface area contributed by atoms with Gasteiger partial charge in [0.1, 0.15) is 17.3 Å². The van der Waals surface area contributed by atoms with Crippen LogP contribution in [0.15, 0.2) is 30.6 Å². The maximum Gasteiger partial charge on any atom is 0.419 e. The van der Waals surface area contributed by atoms with E-state index < -0.39 is 11.7 Å². The summed E-state index contributed by atoms with van der Waals surface area (Å²) in [5, 5.41) is 18.7. The highest BCUT2D eigenvalue weighted by Crippen LogP contribution is 2.39. The number of benzene rings is 1. The van der Waals surface area contributed by atoms with Crippen LogP contribution in [0.1, 0.15) is 30.5 Å². The Kier molecular flexibility index (Phi) is 6.30. The smallest absolute Gasteiger partial charge is 0.419 e. The van der Waals surface area contributed by atoms with Gasteiger partial charge in [-0.25, -0.2) is 9.97 Å². The number of halogens is 3. The number of pyridine rings is 1. The molecule has 10 heteroatoms. The Morgan fingerprint density at radius 2 is 2.16 bits per heavy atom. The van der Waals surface area contributed by atoms with Gasteiger partial charge in [0.25, 0.3) is 0 Å². The number of aliphatic hydroxyl groups excluding tert-OH is 1. The Hall–Kier alpha value is -3.16. The zero-order valence-corrected chi connectivity index (χ0v) is 17.2. The van der Waals surface area contributed by atoms with Crippen LogP contribution < -0.4 is 4.74 Å². The molecule has 0 aliphatic carbocycles. The number of aromatic amines is 1. The predicted octanol–water partition coefficient (Wildman–Crippen LogP) is 3.74. The highest BCUT2D eigenvalue weighted by atomic mass is 19.4. The fourth-order valence-corrected chi connectivity index (χ4v) is 4.05. The quantitative estimate of drug-likeness (QED) is 0.538. The van der Waals surface area contributed by atoms with Crippen molar-refractivity contribution in [3.63, 3.8) is 0 Å². The molecule has 168 valence electrons. The first kappa shape index (κ1) is 22.0. The number of imidazole rings is 1. The minimum Gasteiger partial charge on any atom is -0.493 e. The van der Waals surface area contributed by atoms with E-state index in [4.69, 9.17) is 4.74 Å². The molecule has 1 fully saturated rings. The topological polar surface area (TPSA) is 98.1 Å². The Bertz CT molecular complexity index is 1140. The number of nitriles is 1. The van der Waals surface area contributed by atoms with Crippen molar-refractivity contribution >= 4 is 11.0 Å². The molecule has 32 heavy (non-hydrogen) atoms. The lowest BCUT2D eigenvalue weighted by molar-refractivity contribution is -0.138. The van der Waals surface area contributed by atoms with E-state index in [2.05, 4.69) is 19.9 Å². The van der Waals surface area contributed by atoms with Crippen molar-refractivity contribution in [3.8, 4) is 23.1 Å². The first-order valence-electron chi connectivity index (χ1n) is 10.3. The highest BCUT2D eigenvalue weighted by Gasteiger charge is 2.35. The van der Waals surface area contributed by atoms with Crippen LogP contribution in [-0.4, -0.2) is 57.3 Å². The fraction of sp³-hybridized carbons (Fsp3) is 0.409. The summed E-state index contributed by atoms with van der Waals surface area (Å²) in [6.07, 6.45) is -0.710. The summed E-state index contributed by atoms with van der Waals surface area (Å²) < 4.78 is 46.7. The van der Waals surface area contributed by atoms with Crippen molar-refractivity contribution in [3.05, 3.63) is 41.9 Å². The van der Waals surface area contributed by atoms with Gasteiger partial charge < -0.3 is 14.8 Å². The van der Waals surface area contributed by atoms with E-state index in [1.807, 2.05) is 6.07 Å². The molecule has 0 bridgehead atoms. The summed E-state index contributed by atoms with van der Waals surface area (Å²) in [5.74, 6) is -0.246. The Balaban J connectivity index is 1.53. The zero-order valence-electron chi connectivity index (χ0n) is 17.2. The van der Waals surface area contributed by atoms with E-state index in [1.165, 1.54) is 18.5 Å². The van der Waals surface area contributed by atoms with Crippen LogP contribution in [0.3, 0.4) is 0 Å². The number of fused-ring (bicyclic) bond motifs is 1. The monoisotopic (exact) mass is 445 g/mol. The zero-order chi connectivity index (χ0) is 22.7. The van der Waals surface area contributed by atoms with Crippen LogP contribution in [0.2, 0.25) is 0 Å². The van der Waals surface area contributed by atoms with Crippen molar-refractivity contribution in [1.29, 1.82) is 5.26 Å². The molecule has 3 heterocycles. The SMILES string of the molecule is N#Cc1nc(-c2ccc(OCCCN3CCCC3CO)c(C(F)(F)F)c2)cc2[nH]cnc12. The van der Waals surface area contributed by atoms with Crippen LogP contribution in [0.4, 0.5) is 13.2 Å². The number of hydrogen-bond acceptors (Lipinski definition) is 6. The second-order valence-corrected chi connectivity index (χ2v) is 7.69. The first-order valence-corrected chi connectivity index (χ1v) is 10.3. The molecule has 1 aliphatic rings. The number of nitrogens with zero attached hydrogens (tertiary/aromatic N) is 4. The molecule has 1 saturated heterocycles. The van der Waals surface area contributed by atoms with Crippen molar-refractivity contribution < 1.29 is 23.0 Å². The minimum atomic E-state index is -4.61. The second-order valence-electron chi connectivity index (χ2n) is 7.69. The molecule has 7 nitrogen and oxygen atoms in total. The normalized spacial score (nSPS) is 17.0. The number of likely N-dealkylation sites (tertiary alicyclic amines) is 1. The predicted molar refractivity (Wildman–Crippen MR) is 111 cm³/mol. The van der Waals surface area contributed by atoms with Crippen LogP contribution in [-0.2, 0) is 6.18 Å². The molecular weight excluding hydrogens is 423 g/mol. The first-order chi connectivity index (χ1) is 15.4. The second kappa shape index (κ2) is 9.14. The van der Waals surface area contributed by atoms with Gasteiger partial charge in [-0.1, -0.05) is 0 Å². The van der Waals surface area contributed by atoms with Crippen molar-refractivity contribution in [2.45, 2.75) is 31.5 Å². The average molecular weight is 445 g/mol. The third-order valence-corrected chi connectivity index (χ3v) is 5.65. The highest BCUT2D eigenvalue weighted by molar-refractivity contribution is 5.83. The molecular formula is C22H22F3N5O2. The average Bonchev–Trinajstić information content (AvgIpc) is 3.44. The number of nitrogens with one attached hydrogen (secondary N) is 1. The third kappa shape index (κ3) is 4.54. The Morgan fingerprint density at radius 3 is 2.91 bits per heavy atom. The van der Waals surface area contributed by atoms with Crippen LogP contribution in [0.5, 0.6) is 5.75 Å². The fourth-order valence-electron chi connectivity index (χ4n) is 4.05. The van der Waals surface area contributed by atoms with E-state index >= 15 is 0 Å². The summed E-state index contributed by atoms with van der Waals surface area (Å²) in [6.45, 7) is 1.77. The summed E-state index contributed by atoms with van der Waals surface area (Å²) in [5.41, 5.74) is 0.488. The van der Waals surface area contributed by atoms with Crippen LogP contribution >= 0.6 is 0 Å².